The molecule has 0 aliphatic carbocycles. The third kappa shape index (κ3) is 7.44. The van der Waals surface area contributed by atoms with Crippen LogP contribution in [0.1, 0.15) is 49.8 Å². The molecule has 213 valence electrons. The summed E-state index contributed by atoms with van der Waals surface area (Å²) in [7, 11) is 0. The average molecular weight is 594 g/mol. The Morgan fingerprint density at radius 2 is 1.62 bits per heavy atom. The second-order valence-corrected chi connectivity index (χ2v) is 10.00. The topological polar surface area (TPSA) is 135 Å². The molecule has 1 radical (unpaired) electrons. The van der Waals surface area contributed by atoms with Crippen molar-refractivity contribution >= 4 is 51.4 Å². The third-order valence-corrected chi connectivity index (χ3v) is 6.65. The third-order valence-electron chi connectivity index (χ3n) is 6.65. The quantitative estimate of drug-likeness (QED) is 0.247. The van der Waals surface area contributed by atoms with Crippen molar-refractivity contribution in [1.82, 2.24) is 19.7 Å². The maximum Gasteiger partial charge on any atom is 0.439 e. The van der Waals surface area contributed by atoms with E-state index in [4.69, 9.17) is 14.2 Å². The largest absolute Gasteiger partial charge is 0.491 e. The van der Waals surface area contributed by atoms with Gasteiger partial charge in [0.2, 0.25) is 0 Å². The molecule has 0 amide bonds. The van der Waals surface area contributed by atoms with E-state index in [-0.39, 0.29) is 68.5 Å². The minimum Gasteiger partial charge on any atom is -0.491 e. The average Bonchev–Trinajstić information content (AvgIpc) is 3.38. The number of H-pyrrole nitrogens is 1. The van der Waals surface area contributed by atoms with Gasteiger partial charge in [0.1, 0.15) is 11.6 Å². The number of aryl methyl sites for hydroxylation is 2. The summed E-state index contributed by atoms with van der Waals surface area (Å²) in [5.41, 5.74) is 5.87. The molecule has 0 saturated heterocycles. The first-order valence-electron chi connectivity index (χ1n) is 13.5. The molecule has 0 unspecified atom stereocenters. The second-order valence-electron chi connectivity index (χ2n) is 10.00. The van der Waals surface area contributed by atoms with E-state index in [1.165, 1.54) is 0 Å². The van der Waals surface area contributed by atoms with Gasteiger partial charge in [-0.3, -0.25) is 18.9 Å². The molecule has 2 aromatic heterocycles. The first kappa shape index (κ1) is 33.4. The molecular formula is C32H34KN4O5. The van der Waals surface area contributed by atoms with Crippen molar-refractivity contribution in [2.24, 2.45) is 0 Å². The first-order chi connectivity index (χ1) is 19.3. The van der Waals surface area contributed by atoms with E-state index >= 15 is 0 Å². The summed E-state index contributed by atoms with van der Waals surface area (Å²) in [6, 6.07) is 23.3. The molecule has 42 heavy (non-hydrogen) atoms. The predicted molar refractivity (Wildman–Crippen MR) is 164 cm³/mol. The molecule has 5 aromatic rings. The summed E-state index contributed by atoms with van der Waals surface area (Å²) in [5.74, 6) is 1.20. The van der Waals surface area contributed by atoms with Crippen LogP contribution in [0, 0.1) is 6.92 Å². The fourth-order valence-corrected chi connectivity index (χ4v) is 4.88. The van der Waals surface area contributed by atoms with Crippen molar-refractivity contribution in [2.75, 3.05) is 0 Å². The van der Waals surface area contributed by atoms with E-state index in [2.05, 4.69) is 17.1 Å². The molecule has 10 heteroatoms. The summed E-state index contributed by atoms with van der Waals surface area (Å²) >= 11 is 0. The van der Waals surface area contributed by atoms with Gasteiger partial charge in [-0.15, -0.1) is 0 Å². The van der Waals surface area contributed by atoms with Crippen molar-refractivity contribution in [1.29, 1.82) is 0 Å². The fourth-order valence-electron chi connectivity index (χ4n) is 4.88. The van der Waals surface area contributed by atoms with Crippen LogP contribution in [-0.4, -0.2) is 82.7 Å². The summed E-state index contributed by atoms with van der Waals surface area (Å²) in [4.78, 5) is 32.9. The molecule has 0 atom stereocenters. The van der Waals surface area contributed by atoms with Crippen molar-refractivity contribution in [3.63, 3.8) is 0 Å². The van der Waals surface area contributed by atoms with Crippen LogP contribution in [0.3, 0.4) is 0 Å². The zero-order valence-electron chi connectivity index (χ0n) is 24.6. The van der Waals surface area contributed by atoms with Gasteiger partial charge in [0, 0.05) is 68.9 Å². The zero-order valence-corrected chi connectivity index (χ0v) is 27.7. The van der Waals surface area contributed by atoms with Gasteiger partial charge in [-0.25, -0.2) is 9.78 Å². The summed E-state index contributed by atoms with van der Waals surface area (Å²) in [6.07, 6.45) is 2.16. The zero-order chi connectivity index (χ0) is 28.2. The normalized spacial score (nSPS) is 10.7. The van der Waals surface area contributed by atoms with Gasteiger partial charge in [0.15, 0.2) is 5.82 Å². The number of aromatic amines is 1. The molecule has 5 rings (SSSR count). The van der Waals surface area contributed by atoms with Crippen LogP contribution in [0.5, 0.6) is 5.75 Å². The van der Waals surface area contributed by atoms with Gasteiger partial charge in [0.05, 0.1) is 17.5 Å². The Kier molecular flexibility index (Phi) is 11.8. The van der Waals surface area contributed by atoms with Crippen LogP contribution in [0.15, 0.2) is 86.9 Å². The van der Waals surface area contributed by atoms with Crippen LogP contribution < -0.4 is 16.1 Å². The number of aromatic nitrogens is 4. The summed E-state index contributed by atoms with van der Waals surface area (Å²) in [6.45, 7) is 7.93. The van der Waals surface area contributed by atoms with E-state index in [9.17, 15) is 9.59 Å². The Morgan fingerprint density at radius 1 is 0.952 bits per heavy atom. The minimum absolute atomic E-state index is 0. The Labute approximate surface area is 286 Å². The maximum atomic E-state index is 13.9. The molecular weight excluding hydrogens is 559 g/mol. The van der Waals surface area contributed by atoms with Crippen molar-refractivity contribution in [2.45, 2.75) is 53.1 Å². The van der Waals surface area contributed by atoms with Gasteiger partial charge in [0.25, 0.3) is 5.56 Å². The fraction of sp³-hybridized carbons (Fsp3) is 0.250. The minimum atomic E-state index is -0.597. The SMILES string of the molecule is CCCc1nc(C)n(-c2ccc(OC(C)C)cc2)c(=O)c1Cc1ccc(-c2ccccc2-c2noc(=O)[nH]2)cc1.O.[K]. The smallest absolute Gasteiger partial charge is 0.439 e. The Bertz CT molecular complexity index is 1740. The Hall–Kier alpha value is -3.12. The molecule has 0 saturated carbocycles. The predicted octanol–water partition coefficient (Wildman–Crippen LogP) is 4.68. The second kappa shape index (κ2) is 14.9. The van der Waals surface area contributed by atoms with E-state index in [1.807, 2.05) is 93.6 Å². The Morgan fingerprint density at radius 3 is 2.21 bits per heavy atom. The van der Waals surface area contributed by atoms with Gasteiger partial charge in [-0.05, 0) is 68.1 Å². The van der Waals surface area contributed by atoms with Crippen molar-refractivity contribution < 1.29 is 14.7 Å². The van der Waals surface area contributed by atoms with E-state index in [0.717, 1.165) is 52.2 Å². The Balaban J connectivity index is 0.00000242. The molecule has 0 fully saturated rings. The molecule has 0 spiro atoms. The van der Waals surface area contributed by atoms with Gasteiger partial charge >= 0.3 is 5.76 Å². The number of ether oxygens (including phenoxy) is 1. The number of hydrogen-bond acceptors (Lipinski definition) is 6. The van der Waals surface area contributed by atoms with Crippen LogP contribution >= 0.6 is 0 Å². The summed E-state index contributed by atoms with van der Waals surface area (Å²) < 4.78 is 12.1. The van der Waals surface area contributed by atoms with Crippen LogP contribution in [0.4, 0.5) is 0 Å². The van der Waals surface area contributed by atoms with Crippen molar-refractivity contribution in [3.8, 4) is 34.0 Å². The van der Waals surface area contributed by atoms with E-state index in [0.29, 0.717) is 23.6 Å². The molecule has 0 aliphatic heterocycles. The molecule has 3 N–H and O–H groups in total. The molecule has 3 aromatic carbocycles. The van der Waals surface area contributed by atoms with Crippen LogP contribution in [0.25, 0.3) is 28.2 Å². The van der Waals surface area contributed by atoms with Gasteiger partial charge in [-0.1, -0.05) is 67.0 Å². The number of benzene rings is 3. The van der Waals surface area contributed by atoms with Crippen LogP contribution in [-0.2, 0) is 12.8 Å². The standard InChI is InChI=1S/C32H32N4O4.K.H2O/c1-5-8-29-28(31(37)36(21(4)33-29)24-15-17-25(18-16-24)39-20(2)3)19-22-11-13-23(14-12-22)26-9-6-7-10-27(26)30-34-32(38)40-35-30;;/h6-7,9-18,20H,5,8,19H2,1-4H3,(H,34,35,38);;1H2. The van der Waals surface area contributed by atoms with E-state index in [1.54, 1.807) is 4.57 Å². The monoisotopic (exact) mass is 593 g/mol. The number of hydrogen-bond donors (Lipinski definition) is 1. The molecule has 9 nitrogen and oxygen atoms in total. The maximum absolute atomic E-state index is 13.9. The van der Waals surface area contributed by atoms with Gasteiger partial charge in [-0.2, -0.15) is 0 Å². The number of nitrogens with one attached hydrogen (secondary N) is 1. The first-order valence-corrected chi connectivity index (χ1v) is 13.5. The van der Waals surface area contributed by atoms with Crippen LogP contribution in [0.2, 0.25) is 0 Å². The molecule has 2 heterocycles. The van der Waals surface area contributed by atoms with E-state index < -0.39 is 5.76 Å². The molecule has 0 bridgehead atoms. The summed E-state index contributed by atoms with van der Waals surface area (Å²) in [5, 5.41) is 3.85. The number of nitrogens with zero attached hydrogens (tertiary/aromatic N) is 3. The van der Waals surface area contributed by atoms with Crippen molar-refractivity contribution in [3.05, 3.63) is 116 Å². The number of rotatable bonds is 9. The molecule has 0 aliphatic rings. The van der Waals surface area contributed by atoms with Gasteiger partial charge < -0.3 is 10.2 Å².